The first-order valence-corrected chi connectivity index (χ1v) is 7.57. The van der Waals surface area contributed by atoms with Crippen LogP contribution in [0.2, 0.25) is 5.02 Å². The number of anilines is 1. The van der Waals surface area contributed by atoms with Crippen molar-refractivity contribution in [1.82, 2.24) is 10.6 Å². The van der Waals surface area contributed by atoms with E-state index in [2.05, 4.69) is 10.6 Å². The predicted octanol–water partition coefficient (Wildman–Crippen LogP) is 1.78. The number of halogens is 1. The zero-order valence-electron chi connectivity index (χ0n) is 12.5. The summed E-state index contributed by atoms with van der Waals surface area (Å²) < 4.78 is 4.91. The average molecular weight is 326 g/mol. The highest BCUT2D eigenvalue weighted by Crippen LogP contribution is 2.23. The molecule has 2 rings (SSSR count). The smallest absolute Gasteiger partial charge is 0.315 e. The van der Waals surface area contributed by atoms with E-state index in [1.807, 2.05) is 0 Å². The summed E-state index contributed by atoms with van der Waals surface area (Å²) in [4.78, 5) is 25.5. The normalized spacial score (nSPS) is 17.6. The number of ether oxygens (including phenoxy) is 1. The highest BCUT2D eigenvalue weighted by Gasteiger charge is 2.31. The number of hydrogen-bond donors (Lipinski definition) is 2. The fraction of sp³-hybridized carbons (Fsp3) is 0.467. The number of nitrogens with zero attached hydrogens (tertiary/aromatic N) is 1. The zero-order chi connectivity index (χ0) is 15.9. The summed E-state index contributed by atoms with van der Waals surface area (Å²) >= 11 is 5.85. The van der Waals surface area contributed by atoms with E-state index < -0.39 is 0 Å². The van der Waals surface area contributed by atoms with E-state index in [1.54, 1.807) is 36.3 Å². The molecule has 0 aliphatic carbocycles. The molecule has 0 unspecified atom stereocenters. The number of methoxy groups -OCH3 is 1. The number of hydrogen-bond acceptors (Lipinski definition) is 3. The third-order valence-electron chi connectivity index (χ3n) is 3.41. The van der Waals surface area contributed by atoms with Gasteiger partial charge in [0, 0.05) is 43.9 Å². The second-order valence-corrected chi connectivity index (χ2v) is 5.56. The summed E-state index contributed by atoms with van der Waals surface area (Å²) in [5, 5.41) is 6.19. The number of urea groups is 1. The third kappa shape index (κ3) is 4.61. The van der Waals surface area contributed by atoms with Gasteiger partial charge < -0.3 is 20.3 Å². The number of carbonyl (C=O) groups excluding carboxylic acids is 2. The third-order valence-corrected chi connectivity index (χ3v) is 3.66. The lowest BCUT2D eigenvalue weighted by atomic mass is 10.2. The van der Waals surface area contributed by atoms with E-state index >= 15 is 0 Å². The molecule has 120 valence electrons. The van der Waals surface area contributed by atoms with Crippen LogP contribution in [0.25, 0.3) is 0 Å². The Morgan fingerprint density at radius 3 is 2.82 bits per heavy atom. The van der Waals surface area contributed by atoms with Crippen molar-refractivity contribution in [3.8, 4) is 0 Å². The lowest BCUT2D eigenvalue weighted by Gasteiger charge is -2.17. The number of benzene rings is 1. The first kappa shape index (κ1) is 16.6. The van der Waals surface area contributed by atoms with Crippen LogP contribution in [0.15, 0.2) is 24.3 Å². The van der Waals surface area contributed by atoms with Crippen LogP contribution in [0.1, 0.15) is 12.8 Å². The van der Waals surface area contributed by atoms with E-state index in [4.69, 9.17) is 16.3 Å². The summed E-state index contributed by atoms with van der Waals surface area (Å²) in [5.41, 5.74) is 0.791. The largest absolute Gasteiger partial charge is 0.385 e. The van der Waals surface area contributed by atoms with Crippen molar-refractivity contribution in [2.45, 2.75) is 18.9 Å². The van der Waals surface area contributed by atoms with Crippen LogP contribution >= 0.6 is 11.6 Å². The van der Waals surface area contributed by atoms with Gasteiger partial charge >= 0.3 is 6.03 Å². The second-order valence-electron chi connectivity index (χ2n) is 5.13. The molecule has 0 spiro atoms. The molecule has 1 aliphatic rings. The van der Waals surface area contributed by atoms with Crippen LogP contribution < -0.4 is 15.5 Å². The fourth-order valence-corrected chi connectivity index (χ4v) is 2.46. The van der Waals surface area contributed by atoms with Crippen LogP contribution in [-0.4, -0.2) is 44.8 Å². The minimum absolute atomic E-state index is 0.00740. The number of rotatable bonds is 6. The van der Waals surface area contributed by atoms with Gasteiger partial charge in [0.2, 0.25) is 5.91 Å². The first-order chi connectivity index (χ1) is 10.6. The van der Waals surface area contributed by atoms with Crippen LogP contribution in [0.5, 0.6) is 0 Å². The topological polar surface area (TPSA) is 70.7 Å². The highest BCUT2D eigenvalue weighted by molar-refractivity contribution is 6.30. The number of carbonyl (C=O) groups is 2. The molecule has 0 bridgehead atoms. The SMILES string of the molecule is COCCCNC(=O)N[C@H]1CC(=O)N(c2ccc(Cl)cc2)C1. The maximum Gasteiger partial charge on any atom is 0.315 e. The molecule has 1 heterocycles. The Balaban J connectivity index is 1.82. The van der Waals surface area contributed by atoms with E-state index in [1.165, 1.54) is 0 Å². The van der Waals surface area contributed by atoms with Crippen LogP contribution in [0, 0.1) is 0 Å². The predicted molar refractivity (Wildman–Crippen MR) is 85.2 cm³/mol. The van der Waals surface area contributed by atoms with Gasteiger partial charge in [-0.15, -0.1) is 0 Å². The first-order valence-electron chi connectivity index (χ1n) is 7.19. The molecule has 6 nitrogen and oxygen atoms in total. The summed E-state index contributed by atoms with van der Waals surface area (Å²) in [6, 6.07) is 6.64. The zero-order valence-corrected chi connectivity index (χ0v) is 13.2. The highest BCUT2D eigenvalue weighted by atomic mass is 35.5. The van der Waals surface area contributed by atoms with Crippen LogP contribution in [0.4, 0.5) is 10.5 Å². The molecule has 1 saturated heterocycles. The second kappa shape index (κ2) is 8.00. The fourth-order valence-electron chi connectivity index (χ4n) is 2.33. The van der Waals surface area contributed by atoms with Gasteiger partial charge in [0.25, 0.3) is 0 Å². The Morgan fingerprint density at radius 2 is 2.14 bits per heavy atom. The molecular weight excluding hydrogens is 306 g/mol. The summed E-state index contributed by atoms with van der Waals surface area (Å²) in [6.07, 6.45) is 1.05. The van der Waals surface area contributed by atoms with Crippen molar-refractivity contribution >= 4 is 29.2 Å². The molecule has 2 N–H and O–H groups in total. The molecule has 0 saturated carbocycles. The van der Waals surface area contributed by atoms with Crippen molar-refractivity contribution < 1.29 is 14.3 Å². The Labute approximate surface area is 134 Å². The quantitative estimate of drug-likeness (QED) is 0.783. The van der Waals surface area contributed by atoms with E-state index in [9.17, 15) is 9.59 Å². The van der Waals surface area contributed by atoms with Crippen molar-refractivity contribution in [2.24, 2.45) is 0 Å². The maximum atomic E-state index is 12.1. The van der Waals surface area contributed by atoms with Crippen LogP contribution in [-0.2, 0) is 9.53 Å². The maximum absolute atomic E-state index is 12.1. The van der Waals surface area contributed by atoms with Gasteiger partial charge in [0.1, 0.15) is 0 Å². The molecule has 1 fully saturated rings. The van der Waals surface area contributed by atoms with Gasteiger partial charge in [-0.3, -0.25) is 4.79 Å². The van der Waals surface area contributed by atoms with Gasteiger partial charge in [-0.1, -0.05) is 11.6 Å². The van der Waals surface area contributed by atoms with Gasteiger partial charge in [-0.05, 0) is 30.7 Å². The molecule has 1 aromatic carbocycles. The van der Waals surface area contributed by atoms with Gasteiger partial charge in [-0.25, -0.2) is 4.79 Å². The molecule has 7 heteroatoms. The Bertz CT molecular complexity index is 521. The van der Waals surface area contributed by atoms with Crippen molar-refractivity contribution in [3.63, 3.8) is 0 Å². The molecule has 22 heavy (non-hydrogen) atoms. The van der Waals surface area contributed by atoms with Gasteiger partial charge in [-0.2, -0.15) is 0 Å². The van der Waals surface area contributed by atoms with E-state index in [0.717, 1.165) is 12.1 Å². The minimum atomic E-state index is -0.258. The number of amides is 3. The molecule has 0 aromatic heterocycles. The molecular formula is C15H20ClN3O3. The molecule has 1 aliphatic heterocycles. The lowest BCUT2D eigenvalue weighted by molar-refractivity contribution is -0.117. The number of nitrogens with one attached hydrogen (secondary N) is 2. The average Bonchev–Trinajstić information content (AvgIpc) is 2.85. The van der Waals surface area contributed by atoms with E-state index in [0.29, 0.717) is 31.1 Å². The molecule has 0 radical (unpaired) electrons. The summed E-state index contributed by atoms with van der Waals surface area (Å²) in [6.45, 7) is 1.61. The lowest BCUT2D eigenvalue weighted by Crippen LogP contribution is -2.43. The van der Waals surface area contributed by atoms with Crippen LogP contribution in [0.3, 0.4) is 0 Å². The summed E-state index contributed by atoms with van der Waals surface area (Å²) in [7, 11) is 1.62. The van der Waals surface area contributed by atoms with Crippen molar-refractivity contribution in [1.29, 1.82) is 0 Å². The Kier molecular flexibility index (Phi) is 6.03. The molecule has 1 atom stereocenters. The Hall–Kier alpha value is -1.79. The van der Waals surface area contributed by atoms with E-state index in [-0.39, 0.29) is 18.0 Å². The van der Waals surface area contributed by atoms with Gasteiger partial charge in [0.15, 0.2) is 0 Å². The van der Waals surface area contributed by atoms with Crippen molar-refractivity contribution in [3.05, 3.63) is 29.3 Å². The minimum Gasteiger partial charge on any atom is -0.385 e. The molecule has 1 aromatic rings. The monoisotopic (exact) mass is 325 g/mol. The van der Waals surface area contributed by atoms with Gasteiger partial charge in [0.05, 0.1) is 6.04 Å². The summed E-state index contributed by atoms with van der Waals surface area (Å²) in [5.74, 6) is -0.00740. The Morgan fingerprint density at radius 1 is 1.41 bits per heavy atom. The molecule has 3 amide bonds. The standard InChI is InChI=1S/C15H20ClN3O3/c1-22-8-2-7-17-15(21)18-12-9-14(20)19(10-12)13-5-3-11(16)4-6-13/h3-6,12H,2,7-10H2,1H3,(H2,17,18,21)/t12-/m0/s1. The van der Waals surface area contributed by atoms with Crippen molar-refractivity contribution in [2.75, 3.05) is 31.7 Å².